The molecule has 2 unspecified atom stereocenters. The predicted octanol–water partition coefficient (Wildman–Crippen LogP) is 5.00. The topological polar surface area (TPSA) is 9.23 Å². The molecular weight excluding hydrogens is 289 g/mol. The highest BCUT2D eigenvalue weighted by Crippen LogP contribution is 2.50. The summed E-state index contributed by atoms with van der Waals surface area (Å²) >= 11 is 0. The van der Waals surface area contributed by atoms with E-state index in [2.05, 4.69) is 18.2 Å². The second kappa shape index (κ2) is 4.71. The summed E-state index contributed by atoms with van der Waals surface area (Å²) in [5.41, 5.74) is 3.76. The molecule has 0 spiro atoms. The Morgan fingerprint density at radius 1 is 0.909 bits per heavy atom. The molecule has 2 bridgehead atoms. The SMILES string of the molecule is FC(F)(F)c1ccc(CC2=CC3OC2c2ccccc23)cc1. The second-order valence-electron chi connectivity index (χ2n) is 5.68. The van der Waals surface area contributed by atoms with Gasteiger partial charge in [-0.25, -0.2) is 0 Å². The average Bonchev–Trinajstić information content (AvgIpc) is 3.06. The molecule has 0 aliphatic carbocycles. The third kappa shape index (κ3) is 2.15. The molecule has 0 saturated heterocycles. The number of fused-ring (bicyclic) bond motifs is 5. The third-order valence-electron chi connectivity index (χ3n) is 4.26. The van der Waals surface area contributed by atoms with Gasteiger partial charge < -0.3 is 4.74 Å². The van der Waals surface area contributed by atoms with Crippen LogP contribution in [0.2, 0.25) is 0 Å². The van der Waals surface area contributed by atoms with E-state index in [4.69, 9.17) is 4.74 Å². The summed E-state index contributed by atoms with van der Waals surface area (Å²) in [7, 11) is 0. The van der Waals surface area contributed by atoms with E-state index in [0.717, 1.165) is 23.3 Å². The van der Waals surface area contributed by atoms with E-state index in [1.807, 2.05) is 12.1 Å². The normalized spacial score (nSPS) is 22.6. The maximum atomic E-state index is 12.6. The van der Waals surface area contributed by atoms with Gasteiger partial charge in [0.1, 0.15) is 12.2 Å². The standard InChI is InChI=1S/C18H13F3O/c19-18(20,21)13-7-5-11(6-8-13)9-12-10-16-14-3-1-2-4-15(14)17(12)22-16/h1-8,10,16-17H,9H2. The number of halogens is 3. The summed E-state index contributed by atoms with van der Waals surface area (Å²) in [4.78, 5) is 0. The number of hydrogen-bond acceptors (Lipinski definition) is 1. The van der Waals surface area contributed by atoms with Crippen LogP contribution in [-0.4, -0.2) is 0 Å². The molecule has 2 heterocycles. The molecule has 0 N–H and O–H groups in total. The van der Waals surface area contributed by atoms with Crippen LogP contribution in [0.25, 0.3) is 0 Å². The first-order valence-electron chi connectivity index (χ1n) is 7.13. The van der Waals surface area contributed by atoms with E-state index < -0.39 is 11.7 Å². The molecule has 112 valence electrons. The number of alkyl halides is 3. The summed E-state index contributed by atoms with van der Waals surface area (Å²) in [6.07, 6.45) is -1.64. The van der Waals surface area contributed by atoms with Crippen molar-refractivity contribution in [2.75, 3.05) is 0 Å². The highest BCUT2D eigenvalue weighted by atomic mass is 19.4. The van der Waals surface area contributed by atoms with Crippen LogP contribution in [0.3, 0.4) is 0 Å². The number of hydrogen-bond donors (Lipinski definition) is 0. The average molecular weight is 302 g/mol. The molecule has 2 aliphatic heterocycles. The van der Waals surface area contributed by atoms with Gasteiger partial charge in [0, 0.05) is 0 Å². The largest absolute Gasteiger partial charge is 0.416 e. The van der Waals surface area contributed by atoms with Crippen molar-refractivity contribution < 1.29 is 17.9 Å². The number of benzene rings is 2. The maximum absolute atomic E-state index is 12.6. The van der Waals surface area contributed by atoms with Gasteiger partial charge in [-0.05, 0) is 46.9 Å². The minimum atomic E-state index is -4.29. The molecular formula is C18H13F3O. The van der Waals surface area contributed by atoms with E-state index in [9.17, 15) is 13.2 Å². The lowest BCUT2D eigenvalue weighted by molar-refractivity contribution is -0.137. The molecule has 0 saturated carbocycles. The molecule has 2 atom stereocenters. The van der Waals surface area contributed by atoms with Crippen LogP contribution >= 0.6 is 0 Å². The fourth-order valence-electron chi connectivity index (χ4n) is 3.20. The predicted molar refractivity (Wildman–Crippen MR) is 76.2 cm³/mol. The summed E-state index contributed by atoms with van der Waals surface area (Å²) in [6.45, 7) is 0. The molecule has 2 aromatic rings. The first-order valence-corrected chi connectivity index (χ1v) is 7.13. The molecule has 4 rings (SSSR count). The van der Waals surface area contributed by atoms with Gasteiger partial charge in [-0.2, -0.15) is 13.2 Å². The van der Waals surface area contributed by atoms with Crippen molar-refractivity contribution in [1.82, 2.24) is 0 Å². The van der Waals surface area contributed by atoms with Gasteiger partial charge in [-0.3, -0.25) is 0 Å². The van der Waals surface area contributed by atoms with Crippen LogP contribution in [0.4, 0.5) is 13.2 Å². The lowest BCUT2D eigenvalue weighted by Gasteiger charge is -2.15. The molecule has 22 heavy (non-hydrogen) atoms. The van der Waals surface area contributed by atoms with Crippen LogP contribution in [0.1, 0.15) is 34.5 Å². The molecule has 0 aromatic heterocycles. The van der Waals surface area contributed by atoms with Crippen LogP contribution < -0.4 is 0 Å². The highest BCUT2D eigenvalue weighted by Gasteiger charge is 2.38. The van der Waals surface area contributed by atoms with Crippen molar-refractivity contribution in [2.45, 2.75) is 24.8 Å². The van der Waals surface area contributed by atoms with Crippen molar-refractivity contribution in [3.63, 3.8) is 0 Å². The number of ether oxygens (including phenoxy) is 1. The molecule has 0 fully saturated rings. The van der Waals surface area contributed by atoms with Crippen molar-refractivity contribution in [2.24, 2.45) is 0 Å². The van der Waals surface area contributed by atoms with Gasteiger partial charge in [0.15, 0.2) is 0 Å². The Bertz CT molecular complexity index is 744. The Morgan fingerprint density at radius 2 is 1.59 bits per heavy atom. The molecule has 2 aliphatic rings. The quantitative estimate of drug-likeness (QED) is 0.709. The van der Waals surface area contributed by atoms with E-state index in [1.54, 1.807) is 12.1 Å². The summed E-state index contributed by atoms with van der Waals surface area (Å²) in [5, 5.41) is 0. The Balaban J connectivity index is 1.55. The van der Waals surface area contributed by atoms with Crippen molar-refractivity contribution in [3.8, 4) is 0 Å². The third-order valence-corrected chi connectivity index (χ3v) is 4.26. The second-order valence-corrected chi connectivity index (χ2v) is 5.68. The first kappa shape index (κ1) is 13.6. The van der Waals surface area contributed by atoms with Gasteiger partial charge in [0.05, 0.1) is 5.56 Å². The summed E-state index contributed by atoms with van der Waals surface area (Å²) in [6, 6.07) is 13.5. The minimum Gasteiger partial charge on any atom is -0.357 e. The van der Waals surface area contributed by atoms with E-state index in [1.165, 1.54) is 11.1 Å². The highest BCUT2D eigenvalue weighted by molar-refractivity contribution is 5.47. The first-order chi connectivity index (χ1) is 10.5. The van der Waals surface area contributed by atoms with E-state index in [0.29, 0.717) is 6.42 Å². The van der Waals surface area contributed by atoms with Gasteiger partial charge in [-0.15, -0.1) is 0 Å². The Labute approximate surface area is 126 Å². The zero-order chi connectivity index (χ0) is 15.3. The molecule has 2 aromatic carbocycles. The smallest absolute Gasteiger partial charge is 0.357 e. The van der Waals surface area contributed by atoms with Crippen LogP contribution in [-0.2, 0) is 17.3 Å². The zero-order valence-corrected chi connectivity index (χ0v) is 11.6. The fourth-order valence-corrected chi connectivity index (χ4v) is 3.20. The lowest BCUT2D eigenvalue weighted by Crippen LogP contribution is -2.05. The van der Waals surface area contributed by atoms with Crippen LogP contribution in [0, 0.1) is 0 Å². The monoisotopic (exact) mass is 302 g/mol. The summed E-state index contributed by atoms with van der Waals surface area (Å²) < 4.78 is 43.7. The van der Waals surface area contributed by atoms with Gasteiger partial charge in [0.2, 0.25) is 0 Å². The van der Waals surface area contributed by atoms with Crippen molar-refractivity contribution in [1.29, 1.82) is 0 Å². The van der Waals surface area contributed by atoms with Crippen molar-refractivity contribution in [3.05, 3.63) is 82.4 Å². The van der Waals surface area contributed by atoms with Crippen LogP contribution in [0.15, 0.2) is 60.2 Å². The van der Waals surface area contributed by atoms with E-state index in [-0.39, 0.29) is 12.2 Å². The van der Waals surface area contributed by atoms with Crippen LogP contribution in [0.5, 0.6) is 0 Å². The molecule has 0 amide bonds. The van der Waals surface area contributed by atoms with Gasteiger partial charge in [0.25, 0.3) is 0 Å². The Hall–Kier alpha value is -2.07. The molecule has 4 heteroatoms. The fraction of sp³-hybridized carbons (Fsp3) is 0.222. The summed E-state index contributed by atoms with van der Waals surface area (Å²) in [5.74, 6) is 0. The Kier molecular flexibility index (Phi) is 2.91. The lowest BCUT2D eigenvalue weighted by atomic mass is 9.88. The minimum absolute atomic E-state index is 0.00866. The van der Waals surface area contributed by atoms with E-state index >= 15 is 0 Å². The maximum Gasteiger partial charge on any atom is 0.416 e. The van der Waals surface area contributed by atoms with Gasteiger partial charge >= 0.3 is 6.18 Å². The van der Waals surface area contributed by atoms with Crippen molar-refractivity contribution >= 4 is 0 Å². The molecule has 0 radical (unpaired) electrons. The molecule has 1 nitrogen and oxygen atoms in total. The number of rotatable bonds is 2. The Morgan fingerprint density at radius 3 is 2.27 bits per heavy atom. The van der Waals surface area contributed by atoms with Gasteiger partial charge in [-0.1, -0.05) is 36.4 Å². The zero-order valence-electron chi connectivity index (χ0n) is 11.6.